The van der Waals surface area contributed by atoms with Crippen LogP contribution in [0.2, 0.25) is 0 Å². The summed E-state index contributed by atoms with van der Waals surface area (Å²) in [6, 6.07) is 14.9. The second kappa shape index (κ2) is 8.10. The molecule has 1 aliphatic heterocycles. The van der Waals surface area contributed by atoms with Gasteiger partial charge in [0.25, 0.3) is 5.92 Å². The molecule has 0 amide bonds. The third-order valence-electron chi connectivity index (χ3n) is 5.50. The van der Waals surface area contributed by atoms with Crippen LogP contribution < -0.4 is 0 Å². The number of aromatic nitrogens is 4. The van der Waals surface area contributed by atoms with Gasteiger partial charge in [-0.25, -0.2) is 8.78 Å². The molecular weight excluding hydrogens is 615 g/mol. The van der Waals surface area contributed by atoms with Gasteiger partial charge in [0.2, 0.25) is 0 Å². The van der Waals surface area contributed by atoms with E-state index in [1.54, 1.807) is 36.4 Å². The van der Waals surface area contributed by atoms with Gasteiger partial charge in [-0.3, -0.25) is 0 Å². The van der Waals surface area contributed by atoms with E-state index in [0.29, 0.717) is 11.4 Å². The SMILES string of the molecule is CC1(C)c2cccc(n2)-c2[c-]c(c(F)nc2)C(F)(F)c2[c-]c(cnc2F)-c2cccc1n2.[Pt+2]. The summed E-state index contributed by atoms with van der Waals surface area (Å²) in [4.78, 5) is 16.1. The molecule has 0 N–H and O–H groups in total. The molecule has 8 bridgehead atoms. The van der Waals surface area contributed by atoms with E-state index in [0.717, 1.165) is 12.4 Å². The van der Waals surface area contributed by atoms with Gasteiger partial charge in [-0.1, -0.05) is 36.7 Å². The number of rotatable bonds is 0. The van der Waals surface area contributed by atoms with Crippen LogP contribution in [0, 0.1) is 24.0 Å². The average molecular weight is 629 g/mol. The normalized spacial score (nSPS) is 15.2. The monoisotopic (exact) mass is 629 g/mol. The summed E-state index contributed by atoms with van der Waals surface area (Å²) in [6.45, 7) is 3.84. The van der Waals surface area contributed by atoms with E-state index in [-0.39, 0.29) is 43.6 Å². The fourth-order valence-electron chi connectivity index (χ4n) is 3.61. The summed E-state index contributed by atoms with van der Waals surface area (Å²) >= 11 is 0. The molecule has 0 radical (unpaired) electrons. The first-order valence-electron chi connectivity index (χ1n) is 9.68. The van der Waals surface area contributed by atoms with E-state index >= 15 is 8.78 Å². The summed E-state index contributed by atoms with van der Waals surface area (Å²) in [5.41, 5.74) is -1.25. The second-order valence-corrected chi connectivity index (χ2v) is 7.94. The van der Waals surface area contributed by atoms with Crippen LogP contribution in [0.3, 0.4) is 0 Å². The van der Waals surface area contributed by atoms with E-state index in [1.807, 2.05) is 13.8 Å². The van der Waals surface area contributed by atoms with E-state index in [2.05, 4.69) is 32.1 Å². The summed E-state index contributed by atoms with van der Waals surface area (Å²) in [7, 11) is 0. The van der Waals surface area contributed by atoms with Gasteiger partial charge >= 0.3 is 21.1 Å². The molecule has 0 atom stereocenters. The first-order valence-corrected chi connectivity index (χ1v) is 9.68. The van der Waals surface area contributed by atoms with Crippen molar-refractivity contribution in [1.29, 1.82) is 0 Å². The molecule has 4 aromatic heterocycles. The van der Waals surface area contributed by atoms with Crippen LogP contribution in [-0.4, -0.2) is 19.9 Å². The minimum atomic E-state index is -4.14. The molecule has 5 heterocycles. The fourth-order valence-corrected chi connectivity index (χ4v) is 3.61. The summed E-state index contributed by atoms with van der Waals surface area (Å²) in [6.07, 6.45) is 2.13. The predicted molar refractivity (Wildman–Crippen MR) is 108 cm³/mol. The Morgan fingerprint density at radius 2 is 1.15 bits per heavy atom. The maximum atomic E-state index is 15.4. The van der Waals surface area contributed by atoms with Crippen LogP contribution in [0.25, 0.3) is 22.5 Å². The van der Waals surface area contributed by atoms with Crippen LogP contribution in [0.15, 0.2) is 48.8 Å². The molecule has 1 aliphatic rings. The van der Waals surface area contributed by atoms with Crippen LogP contribution >= 0.6 is 0 Å². The van der Waals surface area contributed by atoms with Crippen molar-refractivity contribution in [2.45, 2.75) is 25.2 Å². The molecule has 0 unspecified atom stereocenters. The molecule has 9 heteroatoms. The first kappa shape index (κ1) is 23.2. The Labute approximate surface area is 201 Å². The van der Waals surface area contributed by atoms with E-state index in [4.69, 9.17) is 0 Å². The number of pyridine rings is 4. The standard InChI is InChI=1S/C24H14F4N4.Pt/c1-23(2)19-7-3-5-17(31-19)13-9-15(21(25)29-11-13)24(27,28)16-10-14(12-30-22(16)26)18-6-4-8-20(23)32-18;/h3-8,11-12H,1-2H3;/q-2;+2. The Bertz CT molecular complexity index is 1270. The number of hydrogen-bond acceptors (Lipinski definition) is 4. The molecule has 0 saturated heterocycles. The zero-order chi connectivity index (χ0) is 22.7. The van der Waals surface area contributed by atoms with Gasteiger partial charge in [-0.15, -0.1) is 23.3 Å². The molecule has 0 fully saturated rings. The predicted octanol–water partition coefficient (Wildman–Crippen LogP) is 5.26. The van der Waals surface area contributed by atoms with Gasteiger partial charge in [-0.05, 0) is 48.5 Å². The van der Waals surface area contributed by atoms with Crippen molar-refractivity contribution < 1.29 is 38.6 Å². The summed E-state index contributed by atoms with van der Waals surface area (Å²) in [5, 5.41) is 0. The van der Waals surface area contributed by atoms with Crippen LogP contribution in [0.4, 0.5) is 17.6 Å². The second-order valence-electron chi connectivity index (χ2n) is 7.94. The van der Waals surface area contributed by atoms with Gasteiger partial charge in [0.1, 0.15) is 11.9 Å². The van der Waals surface area contributed by atoms with Crippen LogP contribution in [0.1, 0.15) is 36.4 Å². The van der Waals surface area contributed by atoms with Crippen molar-refractivity contribution in [3.63, 3.8) is 0 Å². The minimum absolute atomic E-state index is 0. The Kier molecular flexibility index (Phi) is 5.69. The summed E-state index contributed by atoms with van der Waals surface area (Å²) in [5.74, 6) is -7.08. The minimum Gasteiger partial charge on any atom is -0.326 e. The van der Waals surface area contributed by atoms with Gasteiger partial charge in [-0.2, -0.15) is 8.78 Å². The van der Waals surface area contributed by atoms with Crippen molar-refractivity contribution in [2.75, 3.05) is 0 Å². The zero-order valence-corrected chi connectivity index (χ0v) is 19.5. The third kappa shape index (κ3) is 3.76. The van der Waals surface area contributed by atoms with Crippen LogP contribution in [0.5, 0.6) is 0 Å². The molecule has 33 heavy (non-hydrogen) atoms. The van der Waals surface area contributed by atoms with E-state index < -0.39 is 34.4 Å². The Morgan fingerprint density at radius 3 is 1.58 bits per heavy atom. The topological polar surface area (TPSA) is 51.6 Å². The van der Waals surface area contributed by atoms with Crippen molar-refractivity contribution >= 4 is 0 Å². The first-order chi connectivity index (χ1) is 15.2. The molecule has 168 valence electrons. The molecule has 4 nitrogen and oxygen atoms in total. The molecular formula is C24H14F4N4Pt. The van der Waals surface area contributed by atoms with E-state index in [9.17, 15) is 8.78 Å². The zero-order valence-electron chi connectivity index (χ0n) is 17.2. The number of nitrogens with zero attached hydrogens (tertiary/aromatic N) is 4. The molecule has 0 aliphatic carbocycles. The molecule has 0 spiro atoms. The number of halogens is 4. The quantitative estimate of drug-likeness (QED) is 0.152. The van der Waals surface area contributed by atoms with E-state index in [1.165, 1.54) is 0 Å². The van der Waals surface area contributed by atoms with Crippen molar-refractivity contribution in [1.82, 2.24) is 19.9 Å². The van der Waals surface area contributed by atoms with Crippen LogP contribution in [-0.2, 0) is 32.4 Å². The average Bonchev–Trinajstić information content (AvgIpc) is 2.79. The maximum Gasteiger partial charge on any atom is 2.00 e. The Balaban J connectivity index is 0.00000259. The molecule has 5 rings (SSSR count). The van der Waals surface area contributed by atoms with Crippen molar-refractivity contribution in [3.05, 3.63) is 95.3 Å². The van der Waals surface area contributed by atoms with Crippen molar-refractivity contribution in [3.8, 4) is 22.5 Å². The van der Waals surface area contributed by atoms with Crippen molar-refractivity contribution in [2.24, 2.45) is 0 Å². The maximum absolute atomic E-state index is 15.4. The Hall–Kier alpha value is -2.99. The Morgan fingerprint density at radius 1 is 0.727 bits per heavy atom. The fraction of sp³-hybridized carbons (Fsp3) is 0.167. The van der Waals surface area contributed by atoms with Gasteiger partial charge < -0.3 is 19.9 Å². The summed E-state index contributed by atoms with van der Waals surface area (Å²) < 4.78 is 59.5. The van der Waals surface area contributed by atoms with Gasteiger partial charge in [0.05, 0.1) is 0 Å². The number of fused-ring (bicyclic) bond motifs is 10. The number of alkyl halides is 2. The molecule has 0 saturated carbocycles. The smallest absolute Gasteiger partial charge is 0.326 e. The third-order valence-corrected chi connectivity index (χ3v) is 5.50. The van der Waals surface area contributed by atoms with Gasteiger partial charge in [0.15, 0.2) is 0 Å². The van der Waals surface area contributed by atoms with Gasteiger partial charge in [0, 0.05) is 16.8 Å². The molecule has 0 aromatic carbocycles. The largest absolute Gasteiger partial charge is 2.00 e. The number of hydrogen-bond donors (Lipinski definition) is 0. The molecule has 4 aromatic rings.